The van der Waals surface area contributed by atoms with Crippen molar-refractivity contribution in [1.82, 2.24) is 4.98 Å². The molecule has 0 unspecified atom stereocenters. The highest BCUT2D eigenvalue weighted by atomic mass is 35.5. The van der Waals surface area contributed by atoms with E-state index in [1.807, 2.05) is 0 Å². The third-order valence-corrected chi connectivity index (χ3v) is 1.56. The average Bonchev–Trinajstić information content (AvgIpc) is 2.03. The summed E-state index contributed by atoms with van der Waals surface area (Å²) in [6.45, 7) is 0. The number of hydrogen-bond donors (Lipinski definition) is 0. The molecule has 0 fully saturated rings. The van der Waals surface area contributed by atoms with Gasteiger partial charge in [-0.2, -0.15) is 4.39 Å². The predicted molar refractivity (Wildman–Crippen MR) is 38.7 cm³/mol. The van der Waals surface area contributed by atoms with Crippen LogP contribution in [0.15, 0.2) is 12.1 Å². The number of nitrogens with zero attached hydrogens (tertiary/aromatic N) is 1. The summed E-state index contributed by atoms with van der Waals surface area (Å²) in [6, 6.07) is 2.11. The van der Waals surface area contributed by atoms with E-state index in [2.05, 4.69) is 4.98 Å². The zero-order valence-corrected chi connectivity index (χ0v) is 6.65. The number of rotatable bonds is 2. The molecular formula is C7H5ClF3N. The predicted octanol–water partition coefficient (Wildman–Crippen LogP) is 2.90. The maximum absolute atomic E-state index is 12.5. The molecule has 0 aliphatic rings. The van der Waals surface area contributed by atoms with Crippen molar-refractivity contribution in [2.24, 2.45) is 0 Å². The Hall–Kier alpha value is -0.770. The Bertz CT molecular complexity index is 277. The molecule has 1 heterocycles. The summed E-state index contributed by atoms with van der Waals surface area (Å²) in [7, 11) is 0. The van der Waals surface area contributed by atoms with Crippen LogP contribution in [0.2, 0.25) is 0 Å². The van der Waals surface area contributed by atoms with Crippen molar-refractivity contribution in [3.8, 4) is 0 Å². The number of hydrogen-bond acceptors (Lipinski definition) is 1. The first-order valence-electron chi connectivity index (χ1n) is 3.14. The smallest absolute Gasteiger partial charge is 0.219 e. The topological polar surface area (TPSA) is 12.9 Å². The molecule has 0 spiro atoms. The van der Waals surface area contributed by atoms with E-state index >= 15 is 0 Å². The second kappa shape index (κ2) is 3.76. The van der Waals surface area contributed by atoms with E-state index in [0.717, 1.165) is 12.1 Å². The van der Waals surface area contributed by atoms with Gasteiger partial charge in [-0.1, -0.05) is 0 Å². The SMILES string of the molecule is Fc1cc(CCl)cc(C(F)F)n1. The van der Waals surface area contributed by atoms with E-state index in [1.165, 1.54) is 0 Å². The van der Waals surface area contributed by atoms with Crippen LogP contribution in [0.25, 0.3) is 0 Å². The minimum absolute atomic E-state index is 0.000833. The van der Waals surface area contributed by atoms with Crippen molar-refractivity contribution < 1.29 is 13.2 Å². The van der Waals surface area contributed by atoms with Crippen LogP contribution in [-0.4, -0.2) is 4.98 Å². The van der Waals surface area contributed by atoms with Gasteiger partial charge in [0.1, 0.15) is 5.69 Å². The molecule has 0 radical (unpaired) electrons. The maximum atomic E-state index is 12.5. The number of alkyl halides is 3. The largest absolute Gasteiger partial charge is 0.280 e. The van der Waals surface area contributed by atoms with Crippen molar-refractivity contribution >= 4 is 11.6 Å². The molecule has 1 aromatic rings. The third kappa shape index (κ3) is 2.11. The molecule has 5 heteroatoms. The highest BCUT2D eigenvalue weighted by molar-refractivity contribution is 6.17. The van der Waals surface area contributed by atoms with E-state index in [9.17, 15) is 13.2 Å². The van der Waals surface area contributed by atoms with Gasteiger partial charge >= 0.3 is 0 Å². The summed E-state index contributed by atoms with van der Waals surface area (Å²) in [4.78, 5) is 3.01. The van der Waals surface area contributed by atoms with Crippen LogP contribution in [0.1, 0.15) is 17.7 Å². The lowest BCUT2D eigenvalue weighted by atomic mass is 10.2. The van der Waals surface area contributed by atoms with Crippen LogP contribution in [0.3, 0.4) is 0 Å². The molecule has 0 atom stereocenters. The normalized spacial score (nSPS) is 10.8. The van der Waals surface area contributed by atoms with Gasteiger partial charge in [-0.05, 0) is 17.7 Å². The molecule has 0 aliphatic heterocycles. The monoisotopic (exact) mass is 195 g/mol. The highest BCUT2D eigenvalue weighted by Gasteiger charge is 2.11. The minimum Gasteiger partial charge on any atom is -0.219 e. The van der Waals surface area contributed by atoms with Crippen LogP contribution in [-0.2, 0) is 5.88 Å². The van der Waals surface area contributed by atoms with Gasteiger partial charge in [-0.3, -0.25) is 0 Å². The fraction of sp³-hybridized carbons (Fsp3) is 0.286. The second-order valence-corrected chi connectivity index (χ2v) is 2.42. The number of pyridine rings is 1. The van der Waals surface area contributed by atoms with Crippen LogP contribution < -0.4 is 0 Å². The van der Waals surface area contributed by atoms with Gasteiger partial charge in [-0.25, -0.2) is 13.8 Å². The standard InChI is InChI=1S/C7H5ClF3N/c8-3-4-1-5(7(10)11)12-6(9)2-4/h1-2,7H,3H2. The fourth-order valence-corrected chi connectivity index (χ4v) is 0.916. The molecule has 0 N–H and O–H groups in total. The molecule has 1 nitrogen and oxygen atoms in total. The molecule has 12 heavy (non-hydrogen) atoms. The van der Waals surface area contributed by atoms with E-state index in [1.54, 1.807) is 0 Å². The first-order valence-corrected chi connectivity index (χ1v) is 3.67. The van der Waals surface area contributed by atoms with Crippen molar-refractivity contribution in [3.63, 3.8) is 0 Å². The fourth-order valence-electron chi connectivity index (χ4n) is 0.761. The van der Waals surface area contributed by atoms with E-state index in [-0.39, 0.29) is 5.88 Å². The van der Waals surface area contributed by atoms with Crippen molar-refractivity contribution in [2.75, 3.05) is 0 Å². The van der Waals surface area contributed by atoms with Crippen molar-refractivity contribution in [2.45, 2.75) is 12.3 Å². The van der Waals surface area contributed by atoms with Crippen molar-refractivity contribution in [1.29, 1.82) is 0 Å². The zero-order chi connectivity index (χ0) is 9.14. The zero-order valence-electron chi connectivity index (χ0n) is 5.90. The Morgan fingerprint density at radius 3 is 2.58 bits per heavy atom. The Labute approximate surface area is 72.2 Å². The summed E-state index contributed by atoms with van der Waals surface area (Å²) in [5.41, 5.74) is -0.273. The first kappa shape index (κ1) is 9.32. The maximum Gasteiger partial charge on any atom is 0.280 e. The van der Waals surface area contributed by atoms with Crippen LogP contribution >= 0.6 is 11.6 Å². The summed E-state index contributed by atoms with van der Waals surface area (Å²) in [5.74, 6) is -0.928. The van der Waals surface area contributed by atoms with E-state index in [0.29, 0.717) is 5.56 Å². The number of halogens is 4. The van der Waals surface area contributed by atoms with Gasteiger partial charge in [0.25, 0.3) is 6.43 Å². The molecular weight excluding hydrogens is 191 g/mol. The molecule has 66 valence electrons. The molecule has 1 rings (SSSR count). The molecule has 0 saturated heterocycles. The molecule has 0 amide bonds. The second-order valence-electron chi connectivity index (χ2n) is 2.16. The molecule has 1 aromatic heterocycles. The van der Waals surface area contributed by atoms with Gasteiger partial charge in [0.2, 0.25) is 5.95 Å². The third-order valence-electron chi connectivity index (χ3n) is 1.25. The van der Waals surface area contributed by atoms with Crippen molar-refractivity contribution in [3.05, 3.63) is 29.3 Å². The molecule has 0 bridgehead atoms. The van der Waals surface area contributed by atoms with Crippen LogP contribution in [0.5, 0.6) is 0 Å². The lowest BCUT2D eigenvalue weighted by Crippen LogP contribution is -1.95. The highest BCUT2D eigenvalue weighted by Crippen LogP contribution is 2.18. The van der Waals surface area contributed by atoms with Crippen LogP contribution in [0, 0.1) is 5.95 Å². The number of aromatic nitrogens is 1. The molecule has 0 aromatic carbocycles. The Kier molecular flexibility index (Phi) is 2.92. The summed E-state index contributed by atoms with van der Waals surface area (Å²) < 4.78 is 36.5. The first-order chi connectivity index (χ1) is 5.63. The molecule has 0 aliphatic carbocycles. The van der Waals surface area contributed by atoms with Gasteiger partial charge in [0.05, 0.1) is 0 Å². The average molecular weight is 196 g/mol. The molecule has 0 saturated carbocycles. The lowest BCUT2D eigenvalue weighted by molar-refractivity contribution is 0.144. The minimum atomic E-state index is -2.76. The Balaban J connectivity index is 3.06. The van der Waals surface area contributed by atoms with E-state index < -0.39 is 18.1 Å². The Morgan fingerprint density at radius 1 is 1.42 bits per heavy atom. The van der Waals surface area contributed by atoms with Crippen LogP contribution in [0.4, 0.5) is 13.2 Å². The lowest BCUT2D eigenvalue weighted by Gasteiger charge is -2.00. The van der Waals surface area contributed by atoms with Gasteiger partial charge in [0, 0.05) is 5.88 Å². The van der Waals surface area contributed by atoms with E-state index in [4.69, 9.17) is 11.6 Å². The van der Waals surface area contributed by atoms with Gasteiger partial charge in [-0.15, -0.1) is 11.6 Å². The summed E-state index contributed by atoms with van der Waals surface area (Å²) in [6.07, 6.45) is -2.76. The quantitative estimate of drug-likeness (QED) is 0.522. The summed E-state index contributed by atoms with van der Waals surface area (Å²) >= 11 is 5.34. The Morgan fingerprint density at radius 2 is 2.08 bits per heavy atom. The van der Waals surface area contributed by atoms with Gasteiger partial charge < -0.3 is 0 Å². The summed E-state index contributed by atoms with van der Waals surface area (Å²) in [5, 5.41) is 0. The van der Waals surface area contributed by atoms with Gasteiger partial charge in [0.15, 0.2) is 0 Å².